The molecule has 0 atom stereocenters. The van der Waals surface area contributed by atoms with Gasteiger partial charge in [-0.25, -0.2) is 0 Å². The van der Waals surface area contributed by atoms with E-state index in [0.29, 0.717) is 0 Å². The third-order valence-electron chi connectivity index (χ3n) is 3.35. The minimum atomic E-state index is -0.593. The summed E-state index contributed by atoms with van der Waals surface area (Å²) in [5.41, 5.74) is 1.82. The van der Waals surface area contributed by atoms with Gasteiger partial charge in [0.1, 0.15) is 23.0 Å². The maximum atomic E-state index is 6.23. The predicted molar refractivity (Wildman–Crippen MR) is 129 cm³/mol. The second-order valence-electron chi connectivity index (χ2n) is 6.87. The van der Waals surface area contributed by atoms with Gasteiger partial charge in [-0.15, -0.1) is 0 Å². The summed E-state index contributed by atoms with van der Waals surface area (Å²) in [5, 5.41) is 0. The first-order valence-corrected chi connectivity index (χ1v) is 17.5. The van der Waals surface area contributed by atoms with E-state index in [4.69, 9.17) is 18.1 Å². The lowest BCUT2D eigenvalue weighted by Gasteiger charge is -2.24. The third kappa shape index (κ3) is 6.71. The van der Waals surface area contributed by atoms with Crippen LogP contribution in [-0.4, -0.2) is 53.3 Å². The van der Waals surface area contributed by atoms with Gasteiger partial charge in [0.2, 0.25) is 0 Å². The lowest BCUT2D eigenvalue weighted by Crippen LogP contribution is -1.98. The molecule has 0 fully saturated rings. The Balaban J connectivity index is 2.78. The van der Waals surface area contributed by atoms with Crippen LogP contribution >= 0.6 is 32.6 Å². The fourth-order valence-electron chi connectivity index (χ4n) is 2.61. The maximum absolute atomic E-state index is 6.23. The fourth-order valence-corrected chi connectivity index (χ4v) is 4.79. The van der Waals surface area contributed by atoms with E-state index in [0.717, 1.165) is 34.1 Å². The highest BCUT2D eigenvalue weighted by Gasteiger charge is 2.24. The minimum absolute atomic E-state index is 0.593. The Morgan fingerprint density at radius 2 is 0.643 bits per heavy atom. The SMILES string of the molecule is CP(C)Oc1cccc(OP(C)C)c1-c1c(OP(C)C)cccc1OP(C)C. The molecule has 0 saturated carbocycles. The van der Waals surface area contributed by atoms with Crippen LogP contribution in [0.2, 0.25) is 0 Å². The Kier molecular flexibility index (Phi) is 9.24. The lowest BCUT2D eigenvalue weighted by molar-refractivity contribution is 0.582. The molecule has 154 valence electrons. The van der Waals surface area contributed by atoms with Gasteiger partial charge in [-0.05, 0) is 77.6 Å². The van der Waals surface area contributed by atoms with E-state index in [9.17, 15) is 0 Å². The Hall–Kier alpha value is -0.640. The maximum Gasteiger partial charge on any atom is 0.135 e. The monoisotopic (exact) mass is 458 g/mol. The van der Waals surface area contributed by atoms with Gasteiger partial charge in [-0.1, -0.05) is 12.1 Å². The molecule has 0 unspecified atom stereocenters. The first-order chi connectivity index (χ1) is 13.2. The van der Waals surface area contributed by atoms with E-state index in [-0.39, 0.29) is 0 Å². The van der Waals surface area contributed by atoms with Crippen molar-refractivity contribution in [1.82, 2.24) is 0 Å². The van der Waals surface area contributed by atoms with Crippen LogP contribution in [0, 0.1) is 0 Å². The molecular weight excluding hydrogens is 428 g/mol. The molecule has 0 amide bonds. The smallest absolute Gasteiger partial charge is 0.135 e. The summed E-state index contributed by atoms with van der Waals surface area (Å²) in [4.78, 5) is 0. The van der Waals surface area contributed by atoms with Crippen molar-refractivity contribution in [1.29, 1.82) is 0 Å². The van der Waals surface area contributed by atoms with Crippen molar-refractivity contribution in [2.24, 2.45) is 0 Å². The van der Waals surface area contributed by atoms with Crippen LogP contribution in [0.5, 0.6) is 23.0 Å². The molecule has 0 spiro atoms. The largest absolute Gasteiger partial charge is 0.474 e. The van der Waals surface area contributed by atoms with Gasteiger partial charge in [0.15, 0.2) is 0 Å². The van der Waals surface area contributed by atoms with Crippen molar-refractivity contribution in [3.63, 3.8) is 0 Å². The number of hydrogen-bond donors (Lipinski definition) is 0. The third-order valence-corrected chi connectivity index (χ3v) is 5.60. The zero-order chi connectivity index (χ0) is 20.8. The van der Waals surface area contributed by atoms with Crippen molar-refractivity contribution in [2.45, 2.75) is 0 Å². The van der Waals surface area contributed by atoms with Crippen LogP contribution in [0.3, 0.4) is 0 Å². The molecule has 0 heterocycles. The van der Waals surface area contributed by atoms with E-state index >= 15 is 0 Å². The summed E-state index contributed by atoms with van der Waals surface area (Å²) < 4.78 is 24.9. The van der Waals surface area contributed by atoms with Crippen molar-refractivity contribution >= 4 is 32.6 Å². The Morgan fingerprint density at radius 3 is 0.821 bits per heavy atom. The molecule has 2 aromatic rings. The molecule has 28 heavy (non-hydrogen) atoms. The van der Waals surface area contributed by atoms with E-state index < -0.39 is 32.6 Å². The van der Waals surface area contributed by atoms with Gasteiger partial charge < -0.3 is 18.1 Å². The molecule has 0 saturated heterocycles. The molecule has 0 aliphatic heterocycles. The van der Waals surface area contributed by atoms with Crippen LogP contribution in [0.25, 0.3) is 11.1 Å². The second-order valence-corrected chi connectivity index (χ2v) is 14.1. The molecule has 0 radical (unpaired) electrons. The van der Waals surface area contributed by atoms with Crippen LogP contribution in [-0.2, 0) is 0 Å². The van der Waals surface area contributed by atoms with Gasteiger partial charge in [0.05, 0.1) is 43.7 Å². The first kappa shape index (κ1) is 23.6. The average Bonchev–Trinajstić information content (AvgIpc) is 2.54. The van der Waals surface area contributed by atoms with Crippen LogP contribution < -0.4 is 18.1 Å². The van der Waals surface area contributed by atoms with Crippen molar-refractivity contribution in [3.8, 4) is 34.1 Å². The van der Waals surface area contributed by atoms with Gasteiger partial charge in [-0.2, -0.15) is 0 Å². The van der Waals surface area contributed by atoms with E-state index in [1.54, 1.807) is 0 Å². The van der Waals surface area contributed by atoms with Crippen LogP contribution in [0.1, 0.15) is 0 Å². The summed E-state index contributed by atoms with van der Waals surface area (Å²) in [5.74, 6) is 3.22. The van der Waals surface area contributed by atoms with E-state index in [1.807, 2.05) is 36.4 Å². The minimum Gasteiger partial charge on any atom is -0.474 e. The summed E-state index contributed by atoms with van der Waals surface area (Å²) in [6.07, 6.45) is 0. The quantitative estimate of drug-likeness (QED) is 0.365. The topological polar surface area (TPSA) is 36.9 Å². The fraction of sp³-hybridized carbons (Fsp3) is 0.400. The summed E-state index contributed by atoms with van der Waals surface area (Å²) in [7, 11) is -2.37. The van der Waals surface area contributed by atoms with E-state index in [1.165, 1.54) is 0 Å². The van der Waals surface area contributed by atoms with Gasteiger partial charge in [-0.3, -0.25) is 0 Å². The highest BCUT2D eigenvalue weighted by Crippen LogP contribution is 2.54. The number of rotatable bonds is 9. The standard InChI is InChI=1S/C20H30O4P4/c1-25(2)21-15-11-9-12-16(22-26(3)4)19(15)20-17(23-27(5)6)13-10-14-18(20)24-28(7)8/h9-14H,1-8H3. The number of benzene rings is 2. The molecular formula is C20H30O4P4. The van der Waals surface area contributed by atoms with Gasteiger partial charge in [0.25, 0.3) is 0 Å². The number of hydrogen-bond acceptors (Lipinski definition) is 4. The Bertz CT molecular complexity index is 657. The molecule has 0 aliphatic rings. The second kappa shape index (κ2) is 10.9. The highest BCUT2D eigenvalue weighted by atomic mass is 31.1. The highest BCUT2D eigenvalue weighted by molar-refractivity contribution is 7.52. The summed E-state index contributed by atoms with van der Waals surface area (Å²) in [6.45, 7) is 16.7. The average molecular weight is 458 g/mol. The summed E-state index contributed by atoms with van der Waals surface area (Å²) >= 11 is 0. The predicted octanol–water partition coefficient (Wildman–Crippen LogP) is 7.49. The Labute approximate surface area is 174 Å². The normalized spacial score (nSPS) is 11.4. The molecule has 0 bridgehead atoms. The molecule has 0 aliphatic carbocycles. The molecule has 2 rings (SSSR count). The van der Waals surface area contributed by atoms with Crippen molar-refractivity contribution in [2.75, 3.05) is 53.3 Å². The Morgan fingerprint density at radius 1 is 0.429 bits per heavy atom. The molecule has 0 N–H and O–H groups in total. The first-order valence-electron chi connectivity index (χ1n) is 8.86. The molecule has 8 heteroatoms. The summed E-state index contributed by atoms with van der Waals surface area (Å²) in [6, 6.07) is 12.0. The van der Waals surface area contributed by atoms with Gasteiger partial charge >= 0.3 is 0 Å². The zero-order valence-electron chi connectivity index (χ0n) is 17.9. The molecule has 4 nitrogen and oxygen atoms in total. The van der Waals surface area contributed by atoms with Crippen molar-refractivity contribution in [3.05, 3.63) is 36.4 Å². The van der Waals surface area contributed by atoms with E-state index in [2.05, 4.69) is 53.3 Å². The van der Waals surface area contributed by atoms with Crippen LogP contribution in [0.4, 0.5) is 0 Å². The van der Waals surface area contributed by atoms with Crippen molar-refractivity contribution < 1.29 is 18.1 Å². The van der Waals surface area contributed by atoms with Gasteiger partial charge in [0, 0.05) is 0 Å². The molecule has 2 aromatic carbocycles. The lowest BCUT2D eigenvalue weighted by atomic mass is 10.0. The van der Waals surface area contributed by atoms with Crippen LogP contribution in [0.15, 0.2) is 36.4 Å². The molecule has 0 aromatic heterocycles. The zero-order valence-corrected chi connectivity index (χ0v) is 21.5.